The number of nitrogens with zero attached hydrogens (tertiary/aromatic N) is 4. The zero-order chi connectivity index (χ0) is 20.1. The number of rotatable bonds is 6. The van der Waals surface area contributed by atoms with Crippen LogP contribution >= 0.6 is 12.2 Å². The Kier molecular flexibility index (Phi) is 5.80. The highest BCUT2D eigenvalue weighted by atomic mass is 32.1. The predicted octanol–water partition coefficient (Wildman–Crippen LogP) is 2.83. The first-order valence-corrected chi connectivity index (χ1v) is 8.52. The van der Waals surface area contributed by atoms with Gasteiger partial charge in [-0.1, -0.05) is 6.07 Å². The van der Waals surface area contributed by atoms with E-state index in [1.54, 1.807) is 30.6 Å². The summed E-state index contributed by atoms with van der Waals surface area (Å²) in [6.45, 7) is 1.30. The number of aromatic nitrogens is 4. The summed E-state index contributed by atoms with van der Waals surface area (Å²) in [6, 6.07) is 8.78. The van der Waals surface area contributed by atoms with Crippen molar-refractivity contribution in [1.82, 2.24) is 19.9 Å². The standard InChI is InChI=1S/C18H17N5O4S/c1-11(24)27-16-14(25-2)8-12(9-15(16)26-3)10-20-23-17(21-22-18(23)28)13-6-4-5-7-19-13/h4-10H,1-3H3,(H,22,28). The molecule has 0 saturated carbocycles. The molecule has 0 saturated heterocycles. The number of carbonyl (C=O) groups is 1. The van der Waals surface area contributed by atoms with E-state index in [0.717, 1.165) is 0 Å². The summed E-state index contributed by atoms with van der Waals surface area (Å²) in [5.74, 6) is 0.845. The Morgan fingerprint density at radius 2 is 1.96 bits per heavy atom. The number of H-pyrrole nitrogens is 1. The second-order valence-corrected chi connectivity index (χ2v) is 5.86. The van der Waals surface area contributed by atoms with Crippen LogP contribution in [-0.2, 0) is 4.79 Å². The molecule has 1 aromatic carbocycles. The van der Waals surface area contributed by atoms with E-state index in [2.05, 4.69) is 20.3 Å². The highest BCUT2D eigenvalue weighted by Crippen LogP contribution is 2.38. The van der Waals surface area contributed by atoms with E-state index >= 15 is 0 Å². The summed E-state index contributed by atoms with van der Waals surface area (Å²) in [5.41, 5.74) is 1.26. The molecule has 3 rings (SSSR count). The number of methoxy groups -OCH3 is 2. The van der Waals surface area contributed by atoms with Crippen LogP contribution in [0.25, 0.3) is 11.5 Å². The third kappa shape index (κ3) is 4.07. The van der Waals surface area contributed by atoms with Gasteiger partial charge in [0.15, 0.2) is 11.5 Å². The van der Waals surface area contributed by atoms with Crippen molar-refractivity contribution in [3.63, 3.8) is 0 Å². The molecule has 0 amide bonds. The van der Waals surface area contributed by atoms with E-state index in [-0.39, 0.29) is 5.75 Å². The Morgan fingerprint density at radius 1 is 1.25 bits per heavy atom. The van der Waals surface area contributed by atoms with Crippen LogP contribution in [0.5, 0.6) is 17.2 Å². The topological polar surface area (TPSA) is 104 Å². The lowest BCUT2D eigenvalue weighted by Crippen LogP contribution is -2.05. The van der Waals surface area contributed by atoms with Gasteiger partial charge in [-0.05, 0) is 36.5 Å². The zero-order valence-electron chi connectivity index (χ0n) is 15.4. The smallest absolute Gasteiger partial charge is 0.308 e. The maximum atomic E-state index is 11.3. The molecule has 0 unspecified atom stereocenters. The van der Waals surface area contributed by atoms with Crippen LogP contribution < -0.4 is 14.2 Å². The van der Waals surface area contributed by atoms with Gasteiger partial charge in [-0.3, -0.25) is 9.78 Å². The number of aromatic amines is 1. The summed E-state index contributed by atoms with van der Waals surface area (Å²) >= 11 is 5.25. The fourth-order valence-electron chi connectivity index (χ4n) is 2.40. The number of pyridine rings is 1. The molecule has 0 aliphatic rings. The lowest BCUT2D eigenvalue weighted by Gasteiger charge is -2.13. The van der Waals surface area contributed by atoms with Gasteiger partial charge in [-0.15, -0.1) is 0 Å². The Hall–Kier alpha value is -3.53. The van der Waals surface area contributed by atoms with Gasteiger partial charge >= 0.3 is 5.97 Å². The molecule has 144 valence electrons. The summed E-state index contributed by atoms with van der Waals surface area (Å²) in [7, 11) is 2.93. The third-order valence-electron chi connectivity index (χ3n) is 3.60. The molecule has 9 nitrogen and oxygen atoms in total. The third-order valence-corrected chi connectivity index (χ3v) is 3.86. The molecule has 0 aliphatic carbocycles. The fourth-order valence-corrected chi connectivity index (χ4v) is 2.58. The van der Waals surface area contributed by atoms with E-state index in [0.29, 0.717) is 33.4 Å². The highest BCUT2D eigenvalue weighted by Gasteiger charge is 2.16. The van der Waals surface area contributed by atoms with Gasteiger partial charge < -0.3 is 14.2 Å². The fraction of sp³-hybridized carbons (Fsp3) is 0.167. The van der Waals surface area contributed by atoms with Crippen molar-refractivity contribution in [1.29, 1.82) is 0 Å². The first-order chi connectivity index (χ1) is 13.5. The molecule has 0 fully saturated rings. The Balaban J connectivity index is 2.01. The van der Waals surface area contributed by atoms with Gasteiger partial charge in [0.25, 0.3) is 0 Å². The average molecular weight is 399 g/mol. The Labute approximate surface area is 165 Å². The lowest BCUT2D eigenvalue weighted by atomic mass is 10.2. The van der Waals surface area contributed by atoms with Crippen LogP contribution in [0.15, 0.2) is 41.6 Å². The first-order valence-electron chi connectivity index (χ1n) is 8.11. The lowest BCUT2D eigenvalue weighted by molar-refractivity contribution is -0.132. The number of benzene rings is 1. The van der Waals surface area contributed by atoms with E-state index in [9.17, 15) is 4.79 Å². The number of ether oxygens (including phenoxy) is 3. The minimum absolute atomic E-state index is 0.198. The van der Waals surface area contributed by atoms with E-state index in [4.69, 9.17) is 26.4 Å². The van der Waals surface area contributed by atoms with Crippen LogP contribution in [0, 0.1) is 4.77 Å². The summed E-state index contributed by atoms with van der Waals surface area (Å²) in [6.07, 6.45) is 3.21. The summed E-state index contributed by atoms with van der Waals surface area (Å²) in [5, 5.41) is 11.3. The zero-order valence-corrected chi connectivity index (χ0v) is 16.2. The van der Waals surface area contributed by atoms with Crippen molar-refractivity contribution >= 4 is 24.4 Å². The summed E-state index contributed by atoms with van der Waals surface area (Å²) in [4.78, 5) is 15.6. The number of hydrogen-bond acceptors (Lipinski definition) is 8. The monoisotopic (exact) mass is 399 g/mol. The van der Waals surface area contributed by atoms with E-state index < -0.39 is 5.97 Å². The quantitative estimate of drug-likeness (QED) is 0.294. The van der Waals surface area contributed by atoms with Gasteiger partial charge in [0.1, 0.15) is 5.69 Å². The van der Waals surface area contributed by atoms with Gasteiger partial charge in [-0.2, -0.15) is 14.9 Å². The van der Waals surface area contributed by atoms with Gasteiger partial charge in [-0.25, -0.2) is 5.10 Å². The van der Waals surface area contributed by atoms with Crippen LogP contribution in [0.1, 0.15) is 12.5 Å². The molecular weight excluding hydrogens is 382 g/mol. The second kappa shape index (κ2) is 8.44. The van der Waals surface area contributed by atoms with E-state index in [1.807, 2.05) is 12.1 Å². The van der Waals surface area contributed by atoms with Crippen LogP contribution in [-0.4, -0.2) is 46.3 Å². The van der Waals surface area contributed by atoms with Crippen LogP contribution in [0.4, 0.5) is 0 Å². The summed E-state index contributed by atoms with van der Waals surface area (Å²) < 4.78 is 17.6. The van der Waals surface area contributed by atoms with Crippen LogP contribution in [0.3, 0.4) is 0 Å². The van der Waals surface area contributed by atoms with Crippen LogP contribution in [0.2, 0.25) is 0 Å². The SMILES string of the molecule is COc1cc(C=Nn2c(-c3ccccn3)n[nH]c2=S)cc(OC)c1OC(C)=O. The van der Waals surface area contributed by atoms with Crippen molar-refractivity contribution in [2.24, 2.45) is 5.10 Å². The second-order valence-electron chi connectivity index (χ2n) is 5.47. The average Bonchev–Trinajstić information content (AvgIpc) is 3.07. The number of esters is 1. The maximum Gasteiger partial charge on any atom is 0.308 e. The molecule has 28 heavy (non-hydrogen) atoms. The molecule has 0 radical (unpaired) electrons. The first kappa shape index (κ1) is 19.2. The van der Waals surface area contributed by atoms with Crippen molar-refractivity contribution in [2.75, 3.05) is 14.2 Å². The minimum Gasteiger partial charge on any atom is -0.493 e. The largest absolute Gasteiger partial charge is 0.493 e. The molecule has 0 atom stereocenters. The molecule has 3 aromatic rings. The molecule has 10 heteroatoms. The van der Waals surface area contributed by atoms with Gasteiger partial charge in [0.2, 0.25) is 16.3 Å². The minimum atomic E-state index is -0.484. The van der Waals surface area contributed by atoms with Crippen molar-refractivity contribution in [3.8, 4) is 28.8 Å². The number of carbonyl (C=O) groups excluding carboxylic acids is 1. The Bertz CT molecular complexity index is 1050. The molecule has 0 aliphatic heterocycles. The maximum absolute atomic E-state index is 11.3. The van der Waals surface area contributed by atoms with Gasteiger partial charge in [0.05, 0.1) is 20.4 Å². The Morgan fingerprint density at radius 3 is 2.54 bits per heavy atom. The highest BCUT2D eigenvalue weighted by molar-refractivity contribution is 7.71. The number of hydrogen-bond donors (Lipinski definition) is 1. The molecule has 0 bridgehead atoms. The van der Waals surface area contributed by atoms with E-state index in [1.165, 1.54) is 25.8 Å². The van der Waals surface area contributed by atoms with Crippen molar-refractivity contribution in [2.45, 2.75) is 6.92 Å². The van der Waals surface area contributed by atoms with Gasteiger partial charge in [0, 0.05) is 18.7 Å². The molecule has 2 heterocycles. The normalized spacial score (nSPS) is 10.8. The molecule has 2 aromatic heterocycles. The van der Waals surface area contributed by atoms with Crippen molar-refractivity contribution in [3.05, 3.63) is 46.9 Å². The molecular formula is C18H17N5O4S. The predicted molar refractivity (Wildman–Crippen MR) is 104 cm³/mol. The molecule has 0 spiro atoms. The molecule has 1 N–H and O–H groups in total. The number of nitrogens with one attached hydrogen (secondary N) is 1. The van der Waals surface area contributed by atoms with Crippen molar-refractivity contribution < 1.29 is 19.0 Å².